The molecule has 0 N–H and O–H groups in total. The third-order valence-corrected chi connectivity index (χ3v) is 3.64. The van der Waals surface area contributed by atoms with Crippen LogP contribution in [-0.4, -0.2) is 21.9 Å². The van der Waals surface area contributed by atoms with Crippen LogP contribution in [0.1, 0.15) is 5.89 Å². The Balaban J connectivity index is 1.47. The van der Waals surface area contributed by atoms with Gasteiger partial charge in [-0.3, -0.25) is 4.79 Å². The van der Waals surface area contributed by atoms with E-state index in [1.54, 1.807) is 12.1 Å². The van der Waals surface area contributed by atoms with Crippen molar-refractivity contribution in [2.24, 2.45) is 0 Å². The van der Waals surface area contributed by atoms with E-state index in [9.17, 15) is 4.79 Å². The summed E-state index contributed by atoms with van der Waals surface area (Å²) in [5.41, 5.74) is 0. The summed E-state index contributed by atoms with van der Waals surface area (Å²) in [6, 6.07) is 13.1. The molecule has 0 radical (unpaired) electrons. The molecule has 3 aromatic rings. The van der Waals surface area contributed by atoms with Crippen LogP contribution in [0.4, 0.5) is 0 Å². The van der Waals surface area contributed by atoms with Gasteiger partial charge in [-0.2, -0.15) is 0 Å². The van der Waals surface area contributed by atoms with E-state index in [2.05, 4.69) is 10.2 Å². The fourth-order valence-corrected chi connectivity index (χ4v) is 2.37. The Hall–Kier alpha value is -2.54. The summed E-state index contributed by atoms with van der Waals surface area (Å²) in [6.07, 6.45) is 1.51. The van der Waals surface area contributed by atoms with Gasteiger partial charge in [0.05, 0.1) is 12.0 Å². The molecule has 6 nitrogen and oxygen atoms in total. The van der Waals surface area contributed by atoms with Crippen LogP contribution in [-0.2, 0) is 16.1 Å². The highest BCUT2D eigenvalue weighted by Crippen LogP contribution is 2.19. The molecular weight excluding hydrogens is 304 g/mol. The average molecular weight is 316 g/mol. The van der Waals surface area contributed by atoms with Gasteiger partial charge in [0.25, 0.3) is 11.8 Å². The number of ether oxygens (including phenoxy) is 1. The molecule has 0 bridgehead atoms. The third kappa shape index (κ3) is 3.76. The van der Waals surface area contributed by atoms with Gasteiger partial charge in [-0.1, -0.05) is 18.2 Å². The van der Waals surface area contributed by atoms with E-state index >= 15 is 0 Å². The van der Waals surface area contributed by atoms with Crippen LogP contribution in [0.15, 0.2) is 62.5 Å². The minimum atomic E-state index is -0.341. The maximum Gasteiger partial charge on any atom is 0.316 e. The predicted molar refractivity (Wildman–Crippen MR) is 79.0 cm³/mol. The van der Waals surface area contributed by atoms with Gasteiger partial charge >= 0.3 is 5.97 Å². The highest BCUT2D eigenvalue weighted by atomic mass is 32.2. The summed E-state index contributed by atoms with van der Waals surface area (Å²) in [7, 11) is 0. The fraction of sp³-hybridized carbons (Fsp3) is 0.133. The average Bonchev–Trinajstić information content (AvgIpc) is 3.22. The molecule has 3 rings (SSSR count). The Kier molecular flexibility index (Phi) is 4.55. The zero-order chi connectivity index (χ0) is 15.2. The minimum absolute atomic E-state index is 0.0537. The number of carbonyl (C=O) groups is 1. The zero-order valence-electron chi connectivity index (χ0n) is 11.5. The SMILES string of the molecule is O=C(CSc1ccccc1)OCc1nnc(-c2ccco2)o1. The first kappa shape index (κ1) is 14.4. The van der Waals surface area contributed by atoms with E-state index in [0.29, 0.717) is 5.76 Å². The van der Waals surface area contributed by atoms with E-state index in [0.717, 1.165) is 4.90 Å². The lowest BCUT2D eigenvalue weighted by molar-refractivity contribution is -0.142. The van der Waals surface area contributed by atoms with Gasteiger partial charge in [0.15, 0.2) is 12.4 Å². The summed E-state index contributed by atoms with van der Waals surface area (Å²) in [4.78, 5) is 12.7. The maximum absolute atomic E-state index is 11.7. The highest BCUT2D eigenvalue weighted by molar-refractivity contribution is 8.00. The molecule has 0 aliphatic carbocycles. The van der Waals surface area contributed by atoms with Gasteiger partial charge < -0.3 is 13.6 Å². The molecule has 0 fully saturated rings. The van der Waals surface area contributed by atoms with Crippen LogP contribution in [0.2, 0.25) is 0 Å². The van der Waals surface area contributed by atoms with Crippen molar-refractivity contribution in [2.75, 3.05) is 5.75 Å². The molecule has 0 saturated carbocycles. The molecule has 0 unspecified atom stereocenters. The molecule has 112 valence electrons. The van der Waals surface area contributed by atoms with Crippen LogP contribution in [0, 0.1) is 0 Å². The molecule has 0 atom stereocenters. The summed E-state index contributed by atoms with van der Waals surface area (Å²) in [6.45, 7) is -0.0537. The summed E-state index contributed by atoms with van der Waals surface area (Å²) in [5.74, 6) is 0.846. The highest BCUT2D eigenvalue weighted by Gasteiger charge is 2.12. The van der Waals surface area contributed by atoms with Crippen LogP contribution in [0.25, 0.3) is 11.7 Å². The molecule has 0 aliphatic rings. The molecule has 22 heavy (non-hydrogen) atoms. The normalized spacial score (nSPS) is 10.5. The molecule has 0 aliphatic heterocycles. The molecule has 0 spiro atoms. The molecule has 0 amide bonds. The number of hydrogen-bond acceptors (Lipinski definition) is 7. The van der Waals surface area contributed by atoms with Crippen molar-refractivity contribution >= 4 is 17.7 Å². The van der Waals surface area contributed by atoms with Crippen LogP contribution < -0.4 is 0 Å². The van der Waals surface area contributed by atoms with Gasteiger partial charge in [0.2, 0.25) is 0 Å². The lowest BCUT2D eigenvalue weighted by atomic mass is 10.4. The summed E-state index contributed by atoms with van der Waals surface area (Å²) in [5, 5.41) is 7.62. The zero-order valence-corrected chi connectivity index (χ0v) is 12.3. The number of carbonyl (C=O) groups excluding carboxylic acids is 1. The van der Waals surface area contributed by atoms with E-state index in [-0.39, 0.29) is 30.1 Å². The maximum atomic E-state index is 11.7. The van der Waals surface area contributed by atoms with Gasteiger partial charge in [-0.05, 0) is 24.3 Å². The number of hydrogen-bond donors (Lipinski definition) is 0. The quantitative estimate of drug-likeness (QED) is 0.510. The number of thioether (sulfide) groups is 1. The second kappa shape index (κ2) is 6.95. The number of aromatic nitrogens is 2. The van der Waals surface area contributed by atoms with Gasteiger partial charge in [-0.15, -0.1) is 22.0 Å². The fourth-order valence-electron chi connectivity index (χ4n) is 1.65. The van der Waals surface area contributed by atoms with Gasteiger partial charge in [-0.25, -0.2) is 0 Å². The van der Waals surface area contributed by atoms with Crippen molar-refractivity contribution < 1.29 is 18.4 Å². The standard InChI is InChI=1S/C15H12N2O4S/c18-14(10-22-11-5-2-1-3-6-11)20-9-13-16-17-15(21-13)12-7-4-8-19-12/h1-8H,9-10H2. The number of nitrogens with zero attached hydrogens (tertiary/aromatic N) is 2. The second-order valence-corrected chi connectivity index (χ2v) is 5.29. The Morgan fingerprint density at radius 2 is 2.00 bits per heavy atom. The van der Waals surface area contributed by atoms with Crippen LogP contribution in [0.3, 0.4) is 0 Å². The van der Waals surface area contributed by atoms with Crippen molar-refractivity contribution in [3.05, 3.63) is 54.6 Å². The Labute approximate surface area is 130 Å². The first-order valence-electron chi connectivity index (χ1n) is 6.51. The van der Waals surface area contributed by atoms with Gasteiger partial charge in [0, 0.05) is 4.90 Å². The predicted octanol–water partition coefficient (Wildman–Crippen LogP) is 3.17. The van der Waals surface area contributed by atoms with E-state index < -0.39 is 0 Å². The smallest absolute Gasteiger partial charge is 0.316 e. The summed E-state index contributed by atoms with van der Waals surface area (Å²) >= 11 is 1.41. The first-order valence-corrected chi connectivity index (χ1v) is 7.49. The van der Waals surface area contributed by atoms with E-state index in [1.165, 1.54) is 18.0 Å². The Morgan fingerprint density at radius 3 is 2.77 bits per heavy atom. The van der Waals surface area contributed by atoms with Crippen molar-refractivity contribution in [2.45, 2.75) is 11.5 Å². The molecule has 0 saturated heterocycles. The minimum Gasteiger partial charge on any atom is -0.459 e. The van der Waals surface area contributed by atoms with Crippen molar-refractivity contribution in [1.82, 2.24) is 10.2 Å². The van der Waals surface area contributed by atoms with Crippen molar-refractivity contribution in [1.29, 1.82) is 0 Å². The van der Waals surface area contributed by atoms with Gasteiger partial charge in [0.1, 0.15) is 0 Å². The largest absolute Gasteiger partial charge is 0.459 e. The Bertz CT molecular complexity index is 725. The third-order valence-electron chi connectivity index (χ3n) is 2.66. The second-order valence-electron chi connectivity index (χ2n) is 4.24. The molecule has 1 aromatic carbocycles. The van der Waals surface area contributed by atoms with Crippen LogP contribution >= 0.6 is 11.8 Å². The number of furan rings is 1. The van der Waals surface area contributed by atoms with E-state index in [1.807, 2.05) is 30.3 Å². The lowest BCUT2D eigenvalue weighted by Crippen LogP contribution is -2.07. The van der Waals surface area contributed by atoms with Crippen molar-refractivity contribution in [3.8, 4) is 11.7 Å². The monoisotopic (exact) mass is 316 g/mol. The van der Waals surface area contributed by atoms with Crippen molar-refractivity contribution in [3.63, 3.8) is 0 Å². The number of benzene rings is 1. The molecule has 2 heterocycles. The summed E-state index contributed by atoms with van der Waals surface area (Å²) < 4.78 is 15.6. The molecular formula is C15H12N2O4S. The Morgan fingerprint density at radius 1 is 1.14 bits per heavy atom. The number of esters is 1. The molecule has 2 aromatic heterocycles. The number of rotatable bonds is 6. The molecule has 7 heteroatoms. The topological polar surface area (TPSA) is 78.4 Å². The van der Waals surface area contributed by atoms with Crippen LogP contribution in [0.5, 0.6) is 0 Å². The lowest BCUT2D eigenvalue weighted by Gasteiger charge is -2.02. The first-order chi connectivity index (χ1) is 10.8. The van der Waals surface area contributed by atoms with E-state index in [4.69, 9.17) is 13.6 Å².